The van der Waals surface area contributed by atoms with E-state index >= 15 is 0 Å². The van der Waals surface area contributed by atoms with Crippen molar-refractivity contribution in [2.24, 2.45) is 11.8 Å². The molecule has 0 saturated carbocycles. The van der Waals surface area contributed by atoms with Crippen LogP contribution in [0, 0.1) is 11.8 Å². The van der Waals surface area contributed by atoms with Crippen molar-refractivity contribution < 1.29 is 34.0 Å². The van der Waals surface area contributed by atoms with Gasteiger partial charge in [-0.05, 0) is 36.6 Å². The zero-order valence-electron chi connectivity index (χ0n) is 19.1. The smallest absolute Gasteiger partial charge is 0.251 e. The van der Waals surface area contributed by atoms with Crippen LogP contribution in [-0.4, -0.2) is 80.8 Å². The Balaban J connectivity index is 1.53. The molecule has 1 saturated heterocycles. The Morgan fingerprint density at radius 1 is 1.19 bits per heavy atom. The number of nitrogens with two attached hydrogens (primary N) is 1. The molecule has 0 bridgehead atoms. The lowest BCUT2D eigenvalue weighted by molar-refractivity contribution is -0.265. The van der Waals surface area contributed by atoms with Crippen molar-refractivity contribution in [1.29, 1.82) is 0 Å². The van der Waals surface area contributed by atoms with Crippen LogP contribution in [0.5, 0.6) is 0 Å². The van der Waals surface area contributed by atoms with Crippen LogP contribution in [-0.2, 0) is 18.9 Å². The Bertz CT molecular complexity index is 658. The van der Waals surface area contributed by atoms with Crippen LogP contribution >= 0.6 is 0 Å². The molecule has 0 radical (unpaired) electrons. The normalized spacial score (nSPS) is 24.2. The minimum atomic E-state index is -0.677. The van der Waals surface area contributed by atoms with E-state index in [-0.39, 0.29) is 18.4 Å². The first-order chi connectivity index (χ1) is 15.5. The van der Waals surface area contributed by atoms with Crippen LogP contribution in [0.3, 0.4) is 0 Å². The highest BCUT2D eigenvalue weighted by atomic mass is 16.7. The van der Waals surface area contributed by atoms with Gasteiger partial charge in [-0.15, -0.1) is 0 Å². The predicted molar refractivity (Wildman–Crippen MR) is 120 cm³/mol. The van der Waals surface area contributed by atoms with Crippen molar-refractivity contribution in [2.75, 3.05) is 51.9 Å². The van der Waals surface area contributed by atoms with Crippen molar-refractivity contribution in [3.8, 4) is 0 Å². The van der Waals surface area contributed by atoms with Crippen molar-refractivity contribution in [1.82, 2.24) is 5.32 Å². The van der Waals surface area contributed by atoms with Crippen LogP contribution in [0.1, 0.15) is 37.0 Å². The number of amides is 1. The summed E-state index contributed by atoms with van der Waals surface area (Å²) in [5, 5.41) is 22.3. The molecule has 2 rings (SSSR count). The minimum Gasteiger partial charge on any atom is -0.399 e. The molecule has 0 spiro atoms. The summed E-state index contributed by atoms with van der Waals surface area (Å²) < 4.78 is 22.6. The Morgan fingerprint density at radius 2 is 1.84 bits per heavy atom. The van der Waals surface area contributed by atoms with Gasteiger partial charge < -0.3 is 40.2 Å². The summed E-state index contributed by atoms with van der Waals surface area (Å²) in [5.74, 6) is 0.243. The van der Waals surface area contributed by atoms with E-state index in [0.29, 0.717) is 63.2 Å². The fourth-order valence-corrected chi connectivity index (χ4v) is 3.55. The predicted octanol–water partition coefficient (Wildman–Crippen LogP) is 1.18. The van der Waals surface area contributed by atoms with Crippen molar-refractivity contribution >= 4 is 11.6 Å². The number of nitrogens with one attached hydrogen (secondary N) is 1. The molecule has 1 aromatic rings. The number of hydrogen-bond acceptors (Lipinski definition) is 8. The molecular formula is C23H38N2O7. The molecule has 5 atom stereocenters. The Labute approximate surface area is 190 Å². The average Bonchev–Trinajstić information content (AvgIpc) is 2.80. The maximum atomic E-state index is 12.0. The molecule has 0 aromatic heterocycles. The summed E-state index contributed by atoms with van der Waals surface area (Å²) in [5.41, 5.74) is 6.78. The average molecular weight is 455 g/mol. The number of carbonyl (C=O) groups excluding carboxylic acids is 1. The van der Waals surface area contributed by atoms with Gasteiger partial charge in [0.25, 0.3) is 5.91 Å². The topological polar surface area (TPSA) is 133 Å². The largest absolute Gasteiger partial charge is 0.399 e. The van der Waals surface area contributed by atoms with E-state index < -0.39 is 18.5 Å². The van der Waals surface area contributed by atoms with Gasteiger partial charge in [-0.25, -0.2) is 0 Å². The molecule has 1 aliphatic heterocycles. The summed E-state index contributed by atoms with van der Waals surface area (Å²) in [6.07, 6.45) is -0.249. The van der Waals surface area contributed by atoms with E-state index in [9.17, 15) is 15.0 Å². The zero-order valence-corrected chi connectivity index (χ0v) is 19.1. The monoisotopic (exact) mass is 454 g/mol. The van der Waals surface area contributed by atoms with Crippen LogP contribution in [0.4, 0.5) is 5.69 Å². The number of nitrogen functional groups attached to an aromatic ring is 1. The summed E-state index contributed by atoms with van der Waals surface area (Å²) in [4.78, 5) is 12.0. The quantitative estimate of drug-likeness (QED) is 0.243. The maximum Gasteiger partial charge on any atom is 0.251 e. The minimum absolute atomic E-state index is 0.0737. The summed E-state index contributed by atoms with van der Waals surface area (Å²) in [6.45, 7) is 6.32. The second kappa shape index (κ2) is 14.4. The van der Waals surface area contributed by atoms with Gasteiger partial charge in [-0.1, -0.05) is 20.3 Å². The van der Waals surface area contributed by atoms with Gasteiger partial charge in [0.05, 0.1) is 45.7 Å². The van der Waals surface area contributed by atoms with E-state index in [1.54, 1.807) is 24.3 Å². The van der Waals surface area contributed by atoms with Crippen LogP contribution in [0.2, 0.25) is 0 Å². The molecule has 1 heterocycles. The standard InChI is InChI=1S/C23H38N2O7/c1-3-16(2)19-14-20(27)21(15-26)32-23(19)31-13-12-30-11-10-29-9-8-25-22(28)17-4-6-18(24)7-5-17/h4-7,16,19-21,23,26-27H,3,8-15,24H2,1-2H3,(H,25,28). The molecule has 32 heavy (non-hydrogen) atoms. The lowest BCUT2D eigenvalue weighted by Crippen LogP contribution is -2.49. The van der Waals surface area contributed by atoms with Crippen molar-refractivity contribution in [2.45, 2.75) is 45.2 Å². The highest BCUT2D eigenvalue weighted by molar-refractivity contribution is 5.94. The lowest BCUT2D eigenvalue weighted by Gasteiger charge is -2.41. The third-order valence-corrected chi connectivity index (χ3v) is 5.74. The number of carbonyl (C=O) groups is 1. The van der Waals surface area contributed by atoms with E-state index in [0.717, 1.165) is 6.42 Å². The third-order valence-electron chi connectivity index (χ3n) is 5.74. The Morgan fingerprint density at radius 3 is 2.50 bits per heavy atom. The number of rotatable bonds is 14. The molecule has 9 heteroatoms. The van der Waals surface area contributed by atoms with E-state index in [1.807, 2.05) is 0 Å². The molecule has 1 aromatic carbocycles. The van der Waals surface area contributed by atoms with Gasteiger partial charge in [0.15, 0.2) is 6.29 Å². The summed E-state index contributed by atoms with van der Waals surface area (Å²) >= 11 is 0. The molecule has 1 amide bonds. The molecule has 5 unspecified atom stereocenters. The molecule has 0 aliphatic carbocycles. The highest BCUT2D eigenvalue weighted by Crippen LogP contribution is 2.33. The molecule has 1 fully saturated rings. The van der Waals surface area contributed by atoms with Crippen LogP contribution < -0.4 is 11.1 Å². The van der Waals surface area contributed by atoms with Gasteiger partial charge in [0, 0.05) is 23.7 Å². The number of ether oxygens (including phenoxy) is 4. The SMILES string of the molecule is CCC(C)C1CC(O)C(CO)OC1OCCOCCOCCNC(=O)c1ccc(N)cc1. The van der Waals surface area contributed by atoms with Gasteiger partial charge in [-0.3, -0.25) is 4.79 Å². The number of hydrogen-bond donors (Lipinski definition) is 4. The van der Waals surface area contributed by atoms with Gasteiger partial charge in [0.1, 0.15) is 6.10 Å². The molecular weight excluding hydrogens is 416 g/mol. The van der Waals surface area contributed by atoms with Gasteiger partial charge in [0.2, 0.25) is 0 Å². The first kappa shape index (κ1) is 26.5. The second-order valence-electron chi connectivity index (χ2n) is 8.05. The maximum absolute atomic E-state index is 12.0. The van der Waals surface area contributed by atoms with E-state index in [4.69, 9.17) is 24.7 Å². The third kappa shape index (κ3) is 8.65. The number of aliphatic hydroxyl groups excluding tert-OH is 2. The fraction of sp³-hybridized carbons (Fsp3) is 0.696. The first-order valence-corrected chi connectivity index (χ1v) is 11.3. The molecule has 182 valence electrons. The van der Waals surface area contributed by atoms with Gasteiger partial charge in [-0.2, -0.15) is 0 Å². The highest BCUT2D eigenvalue weighted by Gasteiger charge is 2.39. The van der Waals surface area contributed by atoms with E-state index in [2.05, 4.69) is 19.2 Å². The number of aliphatic hydroxyl groups is 2. The van der Waals surface area contributed by atoms with Crippen molar-refractivity contribution in [3.05, 3.63) is 29.8 Å². The van der Waals surface area contributed by atoms with E-state index in [1.165, 1.54) is 0 Å². The first-order valence-electron chi connectivity index (χ1n) is 11.3. The Hall–Kier alpha value is -1.75. The fourth-order valence-electron chi connectivity index (χ4n) is 3.55. The summed E-state index contributed by atoms with van der Waals surface area (Å²) in [7, 11) is 0. The number of anilines is 1. The van der Waals surface area contributed by atoms with Gasteiger partial charge >= 0.3 is 0 Å². The lowest BCUT2D eigenvalue weighted by atomic mass is 9.83. The molecule has 1 aliphatic rings. The molecule has 9 nitrogen and oxygen atoms in total. The zero-order chi connectivity index (χ0) is 23.3. The summed E-state index contributed by atoms with van der Waals surface area (Å²) in [6, 6.07) is 6.73. The number of benzene rings is 1. The molecule has 5 N–H and O–H groups in total. The van der Waals surface area contributed by atoms with Crippen molar-refractivity contribution in [3.63, 3.8) is 0 Å². The van der Waals surface area contributed by atoms with Crippen LogP contribution in [0.15, 0.2) is 24.3 Å². The Kier molecular flexibility index (Phi) is 11.9. The second-order valence-corrected chi connectivity index (χ2v) is 8.05. The van der Waals surface area contributed by atoms with Crippen LogP contribution in [0.25, 0.3) is 0 Å².